The van der Waals surface area contributed by atoms with Crippen molar-refractivity contribution in [1.82, 2.24) is 14.8 Å². The molecule has 9 heteroatoms. The van der Waals surface area contributed by atoms with Crippen molar-refractivity contribution in [3.05, 3.63) is 41.7 Å². The average Bonchev–Trinajstić information content (AvgIpc) is 3.58. The molecular formula is C23H25N5O3S. The van der Waals surface area contributed by atoms with E-state index in [-0.39, 0.29) is 11.8 Å². The fourth-order valence-corrected chi connectivity index (χ4v) is 6.25. The summed E-state index contributed by atoms with van der Waals surface area (Å²) < 4.78 is 12.8. The molecule has 0 radical (unpaired) electrons. The van der Waals surface area contributed by atoms with Gasteiger partial charge < -0.3 is 19.3 Å². The number of carbonyl (C=O) groups excluding carboxylic acids is 1. The van der Waals surface area contributed by atoms with Crippen molar-refractivity contribution in [1.29, 1.82) is 0 Å². The van der Waals surface area contributed by atoms with E-state index < -0.39 is 0 Å². The standard InChI is InChI=1S/C23H25N5O3S/c1-30-17-6-4-15(5-7-17)11-26-14-28-20(24-13-25-28)19-18-3-2-9-27(22(18)32-23(19)26)21(29)16-8-10-31-12-16/h4-7,13,16H,2-3,8-12,14H2,1H3. The lowest BCUT2D eigenvalue weighted by Crippen LogP contribution is -2.39. The minimum atomic E-state index is -0.0286. The first-order valence-electron chi connectivity index (χ1n) is 11.0. The molecule has 2 aromatic heterocycles. The Bertz CT molecular complexity index is 1150. The SMILES string of the molecule is COc1ccc(CN2Cn3ncnc3-c3c2sc2c3CCCN2C(=O)C2CCOC2)cc1. The highest BCUT2D eigenvalue weighted by Gasteiger charge is 2.38. The fraction of sp³-hybridized carbons (Fsp3) is 0.435. The minimum absolute atomic E-state index is 0.0286. The summed E-state index contributed by atoms with van der Waals surface area (Å²) >= 11 is 1.72. The molecule has 3 aliphatic heterocycles. The van der Waals surface area contributed by atoms with Gasteiger partial charge in [-0.2, -0.15) is 5.10 Å². The van der Waals surface area contributed by atoms with E-state index in [1.165, 1.54) is 16.1 Å². The van der Waals surface area contributed by atoms with E-state index in [4.69, 9.17) is 9.47 Å². The topological polar surface area (TPSA) is 72.7 Å². The molecule has 0 bridgehead atoms. The number of fused-ring (bicyclic) bond motifs is 5. The molecular weight excluding hydrogens is 426 g/mol. The Morgan fingerprint density at radius 2 is 2.16 bits per heavy atom. The van der Waals surface area contributed by atoms with Gasteiger partial charge >= 0.3 is 0 Å². The molecule has 3 aromatic rings. The molecule has 3 aliphatic rings. The van der Waals surface area contributed by atoms with Gasteiger partial charge in [-0.1, -0.05) is 23.5 Å². The van der Waals surface area contributed by atoms with Crippen molar-refractivity contribution in [3.63, 3.8) is 0 Å². The number of nitrogens with zero attached hydrogens (tertiary/aromatic N) is 5. The van der Waals surface area contributed by atoms with Gasteiger partial charge in [0.25, 0.3) is 0 Å². The van der Waals surface area contributed by atoms with Gasteiger partial charge in [-0.25, -0.2) is 9.67 Å². The second kappa shape index (κ2) is 7.90. The summed E-state index contributed by atoms with van der Waals surface area (Å²) in [7, 11) is 1.68. The summed E-state index contributed by atoms with van der Waals surface area (Å²) in [5, 5.41) is 6.72. The molecule has 166 valence electrons. The highest BCUT2D eigenvalue weighted by molar-refractivity contribution is 7.21. The predicted octanol–water partition coefficient (Wildman–Crippen LogP) is 3.31. The van der Waals surface area contributed by atoms with E-state index in [9.17, 15) is 4.79 Å². The fourth-order valence-electron chi connectivity index (χ4n) is 4.88. The first-order chi connectivity index (χ1) is 15.7. The monoisotopic (exact) mass is 451 g/mol. The minimum Gasteiger partial charge on any atom is -0.497 e. The van der Waals surface area contributed by atoms with Crippen LogP contribution in [-0.2, 0) is 29.2 Å². The Hall–Kier alpha value is -2.91. The number of hydrogen-bond donors (Lipinski definition) is 0. The largest absolute Gasteiger partial charge is 0.497 e. The molecule has 1 unspecified atom stereocenters. The molecule has 1 aromatic carbocycles. The van der Waals surface area contributed by atoms with E-state index in [1.54, 1.807) is 24.8 Å². The summed E-state index contributed by atoms with van der Waals surface area (Å²) in [6.45, 7) is 3.37. The van der Waals surface area contributed by atoms with E-state index in [0.29, 0.717) is 19.9 Å². The number of ether oxygens (including phenoxy) is 2. The molecule has 0 spiro atoms. The maximum atomic E-state index is 13.3. The highest BCUT2D eigenvalue weighted by atomic mass is 32.1. The van der Waals surface area contributed by atoms with Crippen molar-refractivity contribution in [2.24, 2.45) is 5.92 Å². The summed E-state index contributed by atoms with van der Waals surface area (Å²) in [5.41, 5.74) is 3.57. The molecule has 5 heterocycles. The van der Waals surface area contributed by atoms with Crippen LogP contribution in [0.2, 0.25) is 0 Å². The summed E-state index contributed by atoms with van der Waals surface area (Å²) in [6, 6.07) is 8.17. The van der Waals surface area contributed by atoms with Gasteiger partial charge in [0.05, 0.1) is 25.2 Å². The van der Waals surface area contributed by atoms with Gasteiger partial charge in [-0.05, 0) is 37.0 Å². The predicted molar refractivity (Wildman–Crippen MR) is 122 cm³/mol. The average molecular weight is 452 g/mol. The first kappa shape index (κ1) is 19.8. The van der Waals surface area contributed by atoms with Crippen LogP contribution < -0.4 is 14.5 Å². The third kappa shape index (κ3) is 3.18. The number of anilines is 2. The maximum absolute atomic E-state index is 13.3. The number of carbonyl (C=O) groups is 1. The van der Waals surface area contributed by atoms with Crippen LogP contribution in [0.3, 0.4) is 0 Å². The molecule has 1 atom stereocenters. The highest BCUT2D eigenvalue weighted by Crippen LogP contribution is 2.51. The lowest BCUT2D eigenvalue weighted by molar-refractivity contribution is -0.122. The number of thiophene rings is 1. The number of hydrogen-bond acceptors (Lipinski definition) is 7. The van der Waals surface area contributed by atoms with Crippen LogP contribution in [0.5, 0.6) is 5.75 Å². The lowest BCUT2D eigenvalue weighted by Gasteiger charge is -2.30. The van der Waals surface area contributed by atoms with Crippen molar-refractivity contribution in [2.75, 3.05) is 36.7 Å². The number of benzene rings is 1. The summed E-state index contributed by atoms with van der Waals surface area (Å²) in [4.78, 5) is 22.2. The lowest BCUT2D eigenvalue weighted by atomic mass is 9.99. The van der Waals surface area contributed by atoms with Gasteiger partial charge in [0, 0.05) is 25.3 Å². The van der Waals surface area contributed by atoms with E-state index >= 15 is 0 Å². The van der Waals surface area contributed by atoms with Gasteiger partial charge in [-0.15, -0.1) is 0 Å². The zero-order chi connectivity index (χ0) is 21.7. The molecule has 0 saturated carbocycles. The van der Waals surface area contributed by atoms with Gasteiger partial charge in [0.2, 0.25) is 5.91 Å². The third-order valence-corrected chi connectivity index (χ3v) is 7.85. The number of methoxy groups -OCH3 is 1. The quantitative estimate of drug-likeness (QED) is 0.606. The number of aromatic nitrogens is 3. The van der Waals surface area contributed by atoms with Crippen LogP contribution in [0, 0.1) is 5.92 Å². The van der Waals surface area contributed by atoms with Crippen LogP contribution in [0.4, 0.5) is 10.0 Å². The second-order valence-corrected chi connectivity index (χ2v) is 9.47. The van der Waals surface area contributed by atoms with Crippen LogP contribution in [0.25, 0.3) is 11.4 Å². The summed E-state index contributed by atoms with van der Waals surface area (Å²) in [5.74, 6) is 1.93. The molecule has 1 saturated heterocycles. The zero-order valence-electron chi connectivity index (χ0n) is 18.0. The Balaban J connectivity index is 1.39. The zero-order valence-corrected chi connectivity index (χ0v) is 18.8. The molecule has 32 heavy (non-hydrogen) atoms. The third-order valence-electron chi connectivity index (χ3n) is 6.53. The maximum Gasteiger partial charge on any atom is 0.233 e. The van der Waals surface area contributed by atoms with E-state index in [2.05, 4.69) is 27.1 Å². The van der Waals surface area contributed by atoms with Crippen LogP contribution >= 0.6 is 11.3 Å². The normalized spacial score (nSPS) is 19.5. The van der Waals surface area contributed by atoms with Crippen LogP contribution in [-0.4, -0.2) is 47.5 Å². The van der Waals surface area contributed by atoms with E-state index in [0.717, 1.165) is 54.5 Å². The molecule has 1 amide bonds. The Morgan fingerprint density at radius 1 is 1.28 bits per heavy atom. The van der Waals surface area contributed by atoms with Crippen LogP contribution in [0.1, 0.15) is 24.0 Å². The van der Waals surface area contributed by atoms with Gasteiger partial charge in [-0.3, -0.25) is 4.79 Å². The van der Waals surface area contributed by atoms with Crippen LogP contribution in [0.15, 0.2) is 30.6 Å². The Morgan fingerprint density at radius 3 is 2.94 bits per heavy atom. The van der Waals surface area contributed by atoms with Crippen molar-refractivity contribution >= 4 is 27.2 Å². The van der Waals surface area contributed by atoms with Crippen molar-refractivity contribution in [3.8, 4) is 17.1 Å². The van der Waals surface area contributed by atoms with Gasteiger partial charge in [0.15, 0.2) is 5.82 Å². The number of rotatable bonds is 4. The molecule has 0 N–H and O–H groups in total. The number of amides is 1. The molecule has 8 nitrogen and oxygen atoms in total. The Kier molecular flexibility index (Phi) is 4.87. The first-order valence-corrected chi connectivity index (χ1v) is 11.9. The molecule has 0 aliphatic carbocycles. The molecule has 1 fully saturated rings. The van der Waals surface area contributed by atoms with E-state index in [1.807, 2.05) is 21.7 Å². The second-order valence-electron chi connectivity index (χ2n) is 8.49. The van der Waals surface area contributed by atoms with Crippen molar-refractivity contribution in [2.45, 2.75) is 32.5 Å². The van der Waals surface area contributed by atoms with Gasteiger partial charge in [0.1, 0.15) is 28.7 Å². The van der Waals surface area contributed by atoms with Crippen molar-refractivity contribution < 1.29 is 14.3 Å². The smallest absolute Gasteiger partial charge is 0.233 e. The Labute approximate surface area is 190 Å². The molecule has 6 rings (SSSR count). The summed E-state index contributed by atoms with van der Waals surface area (Å²) in [6.07, 6.45) is 4.35.